The van der Waals surface area contributed by atoms with Gasteiger partial charge >= 0.3 is 0 Å². The van der Waals surface area contributed by atoms with Crippen molar-refractivity contribution >= 4 is 28.3 Å². The summed E-state index contributed by atoms with van der Waals surface area (Å²) in [5.41, 5.74) is 10.5. The molecule has 1 aliphatic heterocycles. The SMILES string of the molecule is C=C(Nc1c(C(N)=O)oc2c(F)cc(C)cc12)c1cccc(CN2CCN(Cc3ccccc3)CC2)c1. The molecule has 0 bridgehead atoms. The number of furan rings is 1. The summed E-state index contributed by atoms with van der Waals surface area (Å²) in [6.45, 7) is 11.8. The molecule has 7 heteroatoms. The minimum absolute atomic E-state index is 0.00476. The highest BCUT2D eigenvalue weighted by Crippen LogP contribution is 2.35. The number of amides is 1. The first-order chi connectivity index (χ1) is 17.9. The van der Waals surface area contributed by atoms with Crippen LogP contribution in [0.2, 0.25) is 0 Å². The van der Waals surface area contributed by atoms with E-state index < -0.39 is 11.7 Å². The Balaban J connectivity index is 1.26. The molecule has 0 spiro atoms. The van der Waals surface area contributed by atoms with Gasteiger partial charge in [0.25, 0.3) is 5.91 Å². The van der Waals surface area contributed by atoms with Gasteiger partial charge in [0.1, 0.15) is 0 Å². The van der Waals surface area contributed by atoms with Crippen LogP contribution in [0.25, 0.3) is 16.7 Å². The van der Waals surface area contributed by atoms with Gasteiger partial charge in [-0.15, -0.1) is 0 Å². The maximum atomic E-state index is 14.5. The van der Waals surface area contributed by atoms with Gasteiger partial charge in [-0.2, -0.15) is 0 Å². The Bertz CT molecular complexity index is 1440. The van der Waals surface area contributed by atoms with Crippen LogP contribution >= 0.6 is 0 Å². The highest BCUT2D eigenvalue weighted by atomic mass is 19.1. The van der Waals surface area contributed by atoms with Crippen LogP contribution in [0, 0.1) is 12.7 Å². The van der Waals surface area contributed by atoms with Gasteiger partial charge in [-0.05, 0) is 47.4 Å². The molecule has 5 rings (SSSR count). The number of anilines is 1. The molecule has 4 aromatic rings. The highest BCUT2D eigenvalue weighted by molar-refractivity contribution is 6.08. The number of carbonyl (C=O) groups is 1. The summed E-state index contributed by atoms with van der Waals surface area (Å²) in [5.74, 6) is -1.43. The lowest BCUT2D eigenvalue weighted by Gasteiger charge is -2.34. The van der Waals surface area contributed by atoms with E-state index in [0.29, 0.717) is 22.3 Å². The van der Waals surface area contributed by atoms with E-state index in [1.807, 2.05) is 12.1 Å². The topological polar surface area (TPSA) is 74.7 Å². The van der Waals surface area contributed by atoms with Crippen molar-refractivity contribution in [3.05, 3.63) is 107 Å². The molecule has 2 heterocycles. The van der Waals surface area contributed by atoms with E-state index in [2.05, 4.69) is 64.2 Å². The number of aryl methyl sites for hydroxylation is 1. The highest BCUT2D eigenvalue weighted by Gasteiger charge is 2.22. The summed E-state index contributed by atoms with van der Waals surface area (Å²) >= 11 is 0. The fourth-order valence-electron chi connectivity index (χ4n) is 4.88. The molecular formula is C30H31FN4O2. The molecule has 0 unspecified atom stereocenters. The van der Waals surface area contributed by atoms with Crippen LogP contribution in [-0.4, -0.2) is 41.9 Å². The van der Waals surface area contributed by atoms with Gasteiger partial charge in [0.05, 0.1) is 5.69 Å². The van der Waals surface area contributed by atoms with Crippen LogP contribution in [0.3, 0.4) is 0 Å². The van der Waals surface area contributed by atoms with E-state index in [1.165, 1.54) is 17.2 Å². The maximum absolute atomic E-state index is 14.5. The number of nitrogens with two attached hydrogens (primary N) is 1. The first-order valence-corrected chi connectivity index (χ1v) is 12.4. The van der Waals surface area contributed by atoms with Gasteiger partial charge < -0.3 is 15.5 Å². The lowest BCUT2D eigenvalue weighted by molar-refractivity contribution is 0.0977. The monoisotopic (exact) mass is 498 g/mol. The van der Waals surface area contributed by atoms with Crippen molar-refractivity contribution < 1.29 is 13.6 Å². The molecule has 0 radical (unpaired) electrons. The number of rotatable bonds is 8. The minimum atomic E-state index is -0.774. The number of primary amides is 1. The number of hydrogen-bond donors (Lipinski definition) is 2. The van der Waals surface area contributed by atoms with Crippen molar-refractivity contribution in [3.63, 3.8) is 0 Å². The van der Waals surface area contributed by atoms with Crippen LogP contribution in [0.15, 0.2) is 77.7 Å². The molecule has 1 aromatic heterocycles. The predicted molar refractivity (Wildman–Crippen MR) is 146 cm³/mol. The standard InChI is InChI=1S/C30H31FN4O2/c1-20-15-25-27(29(30(32)36)37-28(25)26(31)16-20)33-21(2)24-10-6-9-23(17-24)19-35-13-11-34(12-14-35)18-22-7-4-3-5-8-22/h3-10,15-17,33H,2,11-14,18-19H2,1H3,(H2,32,36). The first-order valence-electron chi connectivity index (χ1n) is 12.4. The third-order valence-corrected chi connectivity index (χ3v) is 6.78. The third kappa shape index (κ3) is 5.58. The van der Waals surface area contributed by atoms with Gasteiger partial charge in [-0.3, -0.25) is 14.6 Å². The Morgan fingerprint density at radius 3 is 2.30 bits per heavy atom. The van der Waals surface area contributed by atoms with E-state index in [0.717, 1.165) is 44.8 Å². The van der Waals surface area contributed by atoms with Crippen LogP contribution < -0.4 is 11.1 Å². The van der Waals surface area contributed by atoms with Crippen molar-refractivity contribution in [1.29, 1.82) is 0 Å². The van der Waals surface area contributed by atoms with Gasteiger partial charge in [-0.1, -0.05) is 55.1 Å². The smallest absolute Gasteiger partial charge is 0.286 e. The zero-order chi connectivity index (χ0) is 25.9. The second kappa shape index (κ2) is 10.6. The van der Waals surface area contributed by atoms with Crippen LogP contribution in [0.1, 0.15) is 32.8 Å². The molecule has 6 nitrogen and oxygen atoms in total. The van der Waals surface area contributed by atoms with Crippen LogP contribution in [-0.2, 0) is 13.1 Å². The summed E-state index contributed by atoms with van der Waals surface area (Å²) in [6, 6.07) is 21.8. The third-order valence-electron chi connectivity index (χ3n) is 6.78. The van der Waals surface area contributed by atoms with E-state index in [4.69, 9.17) is 10.2 Å². The number of carbonyl (C=O) groups excluding carboxylic acids is 1. The average Bonchev–Trinajstić information content (AvgIpc) is 3.25. The normalized spacial score (nSPS) is 14.6. The molecule has 1 aliphatic rings. The van der Waals surface area contributed by atoms with Crippen molar-refractivity contribution in [2.75, 3.05) is 31.5 Å². The zero-order valence-electron chi connectivity index (χ0n) is 21.0. The second-order valence-electron chi connectivity index (χ2n) is 9.64. The summed E-state index contributed by atoms with van der Waals surface area (Å²) in [4.78, 5) is 17.0. The first kappa shape index (κ1) is 24.7. The summed E-state index contributed by atoms with van der Waals surface area (Å²) in [6.07, 6.45) is 0. The molecule has 0 saturated carbocycles. The maximum Gasteiger partial charge on any atom is 0.286 e. The Hall–Kier alpha value is -3.94. The number of piperazine rings is 1. The molecular weight excluding hydrogens is 467 g/mol. The quantitative estimate of drug-likeness (QED) is 0.341. The van der Waals surface area contributed by atoms with E-state index in [-0.39, 0.29) is 11.3 Å². The number of nitrogens with one attached hydrogen (secondary N) is 1. The number of nitrogens with zero attached hydrogens (tertiary/aromatic N) is 2. The fraction of sp³-hybridized carbons (Fsp3) is 0.233. The zero-order valence-corrected chi connectivity index (χ0v) is 21.0. The molecule has 1 saturated heterocycles. The molecule has 37 heavy (non-hydrogen) atoms. The summed E-state index contributed by atoms with van der Waals surface area (Å²) in [7, 11) is 0. The number of halogens is 1. The fourth-order valence-corrected chi connectivity index (χ4v) is 4.88. The van der Waals surface area contributed by atoms with Crippen LogP contribution in [0.4, 0.5) is 10.1 Å². The Morgan fingerprint density at radius 1 is 0.973 bits per heavy atom. The lowest BCUT2D eigenvalue weighted by atomic mass is 10.1. The van der Waals surface area contributed by atoms with Gasteiger partial charge in [0.2, 0.25) is 5.76 Å². The molecule has 3 aromatic carbocycles. The van der Waals surface area contributed by atoms with Gasteiger partial charge in [-0.25, -0.2) is 4.39 Å². The van der Waals surface area contributed by atoms with Gasteiger partial charge in [0.15, 0.2) is 11.4 Å². The Kier molecular flexibility index (Phi) is 7.08. The average molecular weight is 499 g/mol. The predicted octanol–water partition coefficient (Wildman–Crippen LogP) is 5.38. The number of benzene rings is 3. The van der Waals surface area contributed by atoms with Crippen molar-refractivity contribution in [2.45, 2.75) is 20.0 Å². The molecule has 3 N–H and O–H groups in total. The second-order valence-corrected chi connectivity index (χ2v) is 9.64. The molecule has 1 fully saturated rings. The molecule has 0 aliphatic carbocycles. The lowest BCUT2D eigenvalue weighted by Crippen LogP contribution is -2.45. The van der Waals surface area contributed by atoms with Crippen LogP contribution in [0.5, 0.6) is 0 Å². The number of fused-ring (bicyclic) bond motifs is 1. The Labute approximate surface area is 216 Å². The summed E-state index contributed by atoms with van der Waals surface area (Å²) < 4.78 is 20.0. The van der Waals surface area contributed by atoms with E-state index in [1.54, 1.807) is 13.0 Å². The van der Waals surface area contributed by atoms with Crippen molar-refractivity contribution in [1.82, 2.24) is 9.80 Å². The molecule has 190 valence electrons. The minimum Gasteiger partial charge on any atom is -0.446 e. The largest absolute Gasteiger partial charge is 0.446 e. The molecule has 0 atom stereocenters. The van der Waals surface area contributed by atoms with Crippen molar-refractivity contribution in [3.8, 4) is 0 Å². The molecule has 1 amide bonds. The van der Waals surface area contributed by atoms with Crippen molar-refractivity contribution in [2.24, 2.45) is 5.73 Å². The Morgan fingerprint density at radius 2 is 1.62 bits per heavy atom. The summed E-state index contributed by atoms with van der Waals surface area (Å²) in [5, 5.41) is 3.62. The van der Waals surface area contributed by atoms with Gasteiger partial charge in [0, 0.05) is 50.4 Å². The van der Waals surface area contributed by atoms with E-state index >= 15 is 0 Å². The number of hydrogen-bond acceptors (Lipinski definition) is 5. The van der Waals surface area contributed by atoms with E-state index in [9.17, 15) is 9.18 Å².